The molecule has 1 atom stereocenters. The van der Waals surface area contributed by atoms with E-state index >= 15 is 0 Å². The number of aromatic nitrogens is 2. The lowest BCUT2D eigenvalue weighted by Gasteiger charge is -2.17. The Hall–Kier alpha value is -2.44. The van der Waals surface area contributed by atoms with E-state index in [4.69, 9.17) is 14.9 Å². The van der Waals surface area contributed by atoms with Crippen molar-refractivity contribution in [1.29, 1.82) is 0 Å². The van der Waals surface area contributed by atoms with Gasteiger partial charge in [0, 0.05) is 12.5 Å². The third-order valence-electron chi connectivity index (χ3n) is 3.66. The van der Waals surface area contributed by atoms with Crippen LogP contribution in [-0.4, -0.2) is 16.3 Å². The van der Waals surface area contributed by atoms with E-state index in [9.17, 15) is 9.18 Å². The van der Waals surface area contributed by atoms with Gasteiger partial charge in [-0.15, -0.1) is 10.2 Å². The van der Waals surface area contributed by atoms with Gasteiger partial charge >= 0.3 is 6.09 Å². The lowest BCUT2D eigenvalue weighted by atomic mass is 9.99. The minimum absolute atomic E-state index is 0.0686. The van der Waals surface area contributed by atoms with Gasteiger partial charge in [-0.1, -0.05) is 25.8 Å². The summed E-state index contributed by atoms with van der Waals surface area (Å²) in [5.74, 6) is 0.183. The van der Waals surface area contributed by atoms with E-state index in [0.29, 0.717) is 5.89 Å². The molecule has 0 bridgehead atoms. The Balaban J connectivity index is 2.23. The maximum Gasteiger partial charge on any atom is 0.405 e. The van der Waals surface area contributed by atoms with Gasteiger partial charge in [0.25, 0.3) is 0 Å². The number of halogens is 1. The Morgan fingerprint density at radius 3 is 2.79 bits per heavy atom. The highest BCUT2D eigenvalue weighted by Gasteiger charge is 2.23. The fraction of sp³-hybridized carbons (Fsp3) is 0.471. The minimum atomic E-state index is -0.980. The van der Waals surface area contributed by atoms with Crippen LogP contribution in [0.15, 0.2) is 22.6 Å². The SMILES string of the molecule is CCCCCc1ccc(F)c(C(Cc2nnc(C)o2)OC(N)=O)c1. The molecule has 7 heteroatoms. The molecule has 1 amide bonds. The highest BCUT2D eigenvalue weighted by Crippen LogP contribution is 2.26. The Kier molecular flexibility index (Phi) is 6.28. The molecule has 0 aliphatic heterocycles. The van der Waals surface area contributed by atoms with E-state index in [1.165, 1.54) is 6.07 Å². The van der Waals surface area contributed by atoms with Crippen LogP contribution in [0.4, 0.5) is 9.18 Å². The molecule has 0 radical (unpaired) electrons. The van der Waals surface area contributed by atoms with Crippen molar-refractivity contribution in [2.24, 2.45) is 5.73 Å². The number of nitrogens with two attached hydrogens (primary N) is 1. The molecule has 0 fully saturated rings. The summed E-state index contributed by atoms with van der Waals surface area (Å²) in [5, 5.41) is 7.58. The molecule has 0 spiro atoms. The number of nitrogens with zero attached hydrogens (tertiary/aromatic N) is 2. The van der Waals surface area contributed by atoms with Gasteiger partial charge in [-0.05, 0) is 30.5 Å². The summed E-state index contributed by atoms with van der Waals surface area (Å²) in [7, 11) is 0. The van der Waals surface area contributed by atoms with Gasteiger partial charge in [-0.2, -0.15) is 0 Å². The van der Waals surface area contributed by atoms with Crippen molar-refractivity contribution in [1.82, 2.24) is 10.2 Å². The number of hydrogen-bond acceptors (Lipinski definition) is 5. The number of hydrogen-bond donors (Lipinski definition) is 1. The quantitative estimate of drug-likeness (QED) is 0.744. The van der Waals surface area contributed by atoms with E-state index in [1.807, 2.05) is 0 Å². The van der Waals surface area contributed by atoms with Gasteiger partial charge < -0.3 is 14.9 Å². The molecule has 1 heterocycles. The molecule has 1 aromatic heterocycles. The Morgan fingerprint density at radius 1 is 1.38 bits per heavy atom. The normalized spacial score (nSPS) is 12.1. The molecule has 1 unspecified atom stereocenters. The summed E-state index contributed by atoms with van der Waals surface area (Å²) >= 11 is 0. The summed E-state index contributed by atoms with van der Waals surface area (Å²) in [6.45, 7) is 3.77. The molecule has 0 saturated heterocycles. The number of benzene rings is 1. The van der Waals surface area contributed by atoms with Crippen LogP contribution in [-0.2, 0) is 17.6 Å². The van der Waals surface area contributed by atoms with Crippen molar-refractivity contribution in [2.75, 3.05) is 0 Å². The zero-order valence-electron chi connectivity index (χ0n) is 13.9. The number of rotatable bonds is 8. The maximum absolute atomic E-state index is 14.3. The monoisotopic (exact) mass is 335 g/mol. The van der Waals surface area contributed by atoms with Crippen molar-refractivity contribution < 1.29 is 18.3 Å². The van der Waals surface area contributed by atoms with Crippen molar-refractivity contribution in [3.8, 4) is 0 Å². The number of unbranched alkanes of at least 4 members (excludes halogenated alkanes) is 2. The molecule has 6 nitrogen and oxygen atoms in total. The number of ether oxygens (including phenoxy) is 1. The Labute approximate surface area is 140 Å². The lowest BCUT2D eigenvalue weighted by Crippen LogP contribution is -2.20. The Bertz CT molecular complexity index is 687. The molecule has 130 valence electrons. The van der Waals surface area contributed by atoms with Crippen LogP contribution >= 0.6 is 0 Å². The predicted molar refractivity (Wildman–Crippen MR) is 85.8 cm³/mol. The summed E-state index contributed by atoms with van der Waals surface area (Å²) < 4.78 is 24.6. The maximum atomic E-state index is 14.3. The van der Waals surface area contributed by atoms with Crippen molar-refractivity contribution >= 4 is 6.09 Å². The molecule has 1 aromatic carbocycles. The summed E-state index contributed by atoms with van der Waals surface area (Å²) in [6.07, 6.45) is 2.25. The van der Waals surface area contributed by atoms with Gasteiger partial charge in [-0.25, -0.2) is 9.18 Å². The second-order valence-electron chi connectivity index (χ2n) is 5.66. The molecular formula is C17H22FN3O3. The lowest BCUT2D eigenvalue weighted by molar-refractivity contribution is 0.100. The van der Waals surface area contributed by atoms with Gasteiger partial charge in [0.1, 0.15) is 11.9 Å². The van der Waals surface area contributed by atoms with Crippen LogP contribution in [0.2, 0.25) is 0 Å². The summed E-state index contributed by atoms with van der Waals surface area (Å²) in [6, 6.07) is 4.83. The highest BCUT2D eigenvalue weighted by atomic mass is 19.1. The van der Waals surface area contributed by atoms with Crippen LogP contribution in [0.1, 0.15) is 55.2 Å². The van der Waals surface area contributed by atoms with E-state index in [1.54, 1.807) is 19.1 Å². The second-order valence-corrected chi connectivity index (χ2v) is 5.66. The zero-order valence-corrected chi connectivity index (χ0v) is 13.9. The molecule has 0 aliphatic rings. The van der Waals surface area contributed by atoms with Crippen LogP contribution < -0.4 is 5.73 Å². The van der Waals surface area contributed by atoms with Gasteiger partial charge in [0.2, 0.25) is 11.8 Å². The topological polar surface area (TPSA) is 91.2 Å². The first-order valence-corrected chi connectivity index (χ1v) is 8.03. The van der Waals surface area contributed by atoms with Crippen LogP contribution in [0.5, 0.6) is 0 Å². The number of carbonyl (C=O) groups is 1. The standard InChI is InChI=1S/C17H22FN3O3/c1-3-4-5-6-12-7-8-14(18)13(9-12)15(24-17(19)22)10-16-21-20-11(2)23-16/h7-9,15H,3-6,10H2,1-2H3,(H2,19,22). The molecule has 2 N–H and O–H groups in total. The highest BCUT2D eigenvalue weighted by molar-refractivity contribution is 5.65. The molecule has 24 heavy (non-hydrogen) atoms. The number of aryl methyl sites for hydroxylation is 2. The first-order chi connectivity index (χ1) is 11.5. The average molecular weight is 335 g/mol. The second kappa shape index (κ2) is 8.42. The van der Waals surface area contributed by atoms with E-state index in [-0.39, 0.29) is 17.9 Å². The molecule has 2 aromatic rings. The van der Waals surface area contributed by atoms with Gasteiger partial charge in [-0.3, -0.25) is 0 Å². The fourth-order valence-electron chi connectivity index (χ4n) is 2.51. The van der Waals surface area contributed by atoms with Crippen LogP contribution in [0.3, 0.4) is 0 Å². The van der Waals surface area contributed by atoms with Crippen LogP contribution in [0, 0.1) is 12.7 Å². The van der Waals surface area contributed by atoms with Crippen molar-refractivity contribution in [3.05, 3.63) is 46.9 Å². The summed E-state index contributed by atoms with van der Waals surface area (Å²) in [4.78, 5) is 11.2. The zero-order chi connectivity index (χ0) is 17.5. The van der Waals surface area contributed by atoms with E-state index in [0.717, 1.165) is 31.2 Å². The van der Waals surface area contributed by atoms with Crippen molar-refractivity contribution in [2.45, 2.75) is 52.1 Å². The van der Waals surface area contributed by atoms with Crippen molar-refractivity contribution in [3.63, 3.8) is 0 Å². The first-order valence-electron chi connectivity index (χ1n) is 8.03. The number of amides is 1. The smallest absolute Gasteiger partial charge is 0.405 e. The third-order valence-corrected chi connectivity index (χ3v) is 3.66. The third kappa shape index (κ3) is 5.04. The molecule has 2 rings (SSSR count). The number of primary amides is 1. The summed E-state index contributed by atoms with van der Waals surface area (Å²) in [5.41, 5.74) is 6.37. The molecular weight excluding hydrogens is 313 g/mol. The molecule has 0 aliphatic carbocycles. The largest absolute Gasteiger partial charge is 0.441 e. The van der Waals surface area contributed by atoms with E-state index < -0.39 is 18.0 Å². The first kappa shape index (κ1) is 17.9. The van der Waals surface area contributed by atoms with E-state index in [2.05, 4.69) is 17.1 Å². The van der Waals surface area contributed by atoms with Crippen LogP contribution in [0.25, 0.3) is 0 Å². The predicted octanol–water partition coefficient (Wildman–Crippen LogP) is 3.63. The Morgan fingerprint density at radius 2 is 2.17 bits per heavy atom. The van der Waals surface area contributed by atoms with Gasteiger partial charge in [0.15, 0.2) is 0 Å². The average Bonchev–Trinajstić information content (AvgIpc) is 2.93. The minimum Gasteiger partial charge on any atom is -0.441 e. The van der Waals surface area contributed by atoms with Gasteiger partial charge in [0.05, 0.1) is 6.42 Å². The molecule has 0 saturated carbocycles. The number of carbonyl (C=O) groups excluding carboxylic acids is 1. The fourth-order valence-corrected chi connectivity index (χ4v) is 2.51.